The van der Waals surface area contributed by atoms with Crippen LogP contribution < -0.4 is 5.73 Å². The molecule has 0 rings (SSSR count). The van der Waals surface area contributed by atoms with E-state index in [4.69, 9.17) is 19.4 Å². The van der Waals surface area contributed by atoms with Crippen molar-refractivity contribution in [2.75, 3.05) is 0 Å². The van der Waals surface area contributed by atoms with Gasteiger partial charge in [-0.3, -0.25) is 0 Å². The average molecular weight is 235 g/mol. The highest BCUT2D eigenvalue weighted by molar-refractivity contribution is 5.61. The molecule has 0 heterocycles. The van der Waals surface area contributed by atoms with Gasteiger partial charge in [0.25, 0.3) is 0 Å². The number of hydrogen-bond donors (Lipinski definition) is 2. The van der Waals surface area contributed by atoms with E-state index in [1.807, 2.05) is 0 Å². The summed E-state index contributed by atoms with van der Waals surface area (Å²) in [5, 5.41) is 7.19. The van der Waals surface area contributed by atoms with Crippen LogP contribution in [0.3, 0.4) is 0 Å². The van der Waals surface area contributed by atoms with E-state index in [1.54, 1.807) is 41.5 Å². The molecule has 16 heavy (non-hydrogen) atoms. The molecule has 1 amide bonds. The van der Waals surface area contributed by atoms with Crippen LogP contribution >= 0.6 is 0 Å². The third kappa shape index (κ3) is 22.9. The molecule has 6 heteroatoms. The molecule has 0 aliphatic carbocycles. The Kier molecular flexibility index (Phi) is 6.56. The first kappa shape index (κ1) is 17.0. The van der Waals surface area contributed by atoms with Crippen LogP contribution in [0.5, 0.6) is 0 Å². The number of rotatable bonds is 0. The van der Waals surface area contributed by atoms with Gasteiger partial charge in [-0.1, -0.05) is 0 Å². The molecule has 0 fully saturated rings. The highest BCUT2D eigenvalue weighted by Gasteiger charge is 2.22. The summed E-state index contributed by atoms with van der Waals surface area (Å²) in [7, 11) is 0. The summed E-state index contributed by atoms with van der Waals surface area (Å²) in [6.45, 7) is 10.8. The Morgan fingerprint density at radius 3 is 1.25 bits per heavy atom. The summed E-state index contributed by atoms with van der Waals surface area (Å²) < 4.78 is 9.91. The van der Waals surface area contributed by atoms with Crippen LogP contribution in [-0.4, -0.2) is 28.6 Å². The van der Waals surface area contributed by atoms with Crippen molar-refractivity contribution >= 4 is 12.2 Å². The normalized spacial score (nSPS) is 10.9. The van der Waals surface area contributed by atoms with Gasteiger partial charge in [0.1, 0.15) is 11.2 Å². The van der Waals surface area contributed by atoms with Crippen LogP contribution in [0, 0.1) is 0 Å². The first-order valence-corrected chi connectivity index (χ1v) is 4.74. The summed E-state index contributed by atoms with van der Waals surface area (Å²) in [5.74, 6) is 0. The van der Waals surface area contributed by atoms with Gasteiger partial charge in [-0.15, -0.1) is 0 Å². The van der Waals surface area contributed by atoms with Crippen LogP contribution in [0.1, 0.15) is 41.5 Å². The maximum absolute atomic E-state index is 11.0. The zero-order chi connectivity index (χ0) is 13.6. The number of carbonyl (C=O) groups excluding carboxylic acids is 1. The molecule has 0 aliphatic rings. The zero-order valence-electron chi connectivity index (χ0n) is 10.7. The largest absolute Gasteiger partial charge is 0.509 e. The number of amides is 1. The summed E-state index contributed by atoms with van der Waals surface area (Å²) in [5.41, 5.74) is 3.06. The summed E-state index contributed by atoms with van der Waals surface area (Å²) in [4.78, 5) is 19.8. The summed E-state index contributed by atoms with van der Waals surface area (Å²) >= 11 is 0. The first-order chi connectivity index (χ1) is 6.83. The lowest BCUT2D eigenvalue weighted by molar-refractivity contribution is -0.0468. The van der Waals surface area contributed by atoms with Crippen molar-refractivity contribution in [2.45, 2.75) is 52.7 Å². The molecule has 0 bridgehead atoms. The van der Waals surface area contributed by atoms with E-state index in [0.29, 0.717) is 0 Å². The Hall–Kier alpha value is -1.46. The van der Waals surface area contributed by atoms with E-state index >= 15 is 0 Å². The lowest BCUT2D eigenvalue weighted by Crippen LogP contribution is -2.30. The van der Waals surface area contributed by atoms with Crippen molar-refractivity contribution in [3.63, 3.8) is 0 Å². The highest BCUT2D eigenvalue weighted by Crippen LogP contribution is 2.13. The van der Waals surface area contributed by atoms with Gasteiger partial charge in [-0.05, 0) is 41.5 Å². The highest BCUT2D eigenvalue weighted by atomic mass is 16.7. The number of carbonyl (C=O) groups is 2. The van der Waals surface area contributed by atoms with E-state index in [2.05, 4.69) is 5.73 Å². The number of carboxylic acid groups (broad SMARTS) is 1. The van der Waals surface area contributed by atoms with Gasteiger partial charge >= 0.3 is 12.2 Å². The second kappa shape index (κ2) is 6.19. The van der Waals surface area contributed by atoms with E-state index in [1.165, 1.54) is 0 Å². The van der Waals surface area contributed by atoms with Crippen LogP contribution in [-0.2, 0) is 9.47 Å². The van der Waals surface area contributed by atoms with Crippen molar-refractivity contribution in [1.29, 1.82) is 0 Å². The second-order valence-corrected chi connectivity index (χ2v) is 5.02. The van der Waals surface area contributed by atoms with Gasteiger partial charge in [0.2, 0.25) is 0 Å². The molecular weight excluding hydrogens is 214 g/mol. The summed E-state index contributed by atoms with van der Waals surface area (Å²) in [6.07, 6.45) is -1.95. The quantitative estimate of drug-likeness (QED) is 0.628. The maximum Gasteiger partial charge on any atom is 0.509 e. The Labute approximate surface area is 95.7 Å². The fraction of sp³-hybridized carbons (Fsp3) is 0.800. The molecule has 0 radical (unpaired) electrons. The molecular formula is C10H21NO5. The monoisotopic (exact) mass is 235 g/mol. The minimum Gasteiger partial charge on any atom is -0.465 e. The third-order valence-corrected chi connectivity index (χ3v) is 0.779. The van der Waals surface area contributed by atoms with Crippen LogP contribution in [0.25, 0.3) is 0 Å². The van der Waals surface area contributed by atoms with Gasteiger partial charge in [-0.2, -0.15) is 0 Å². The predicted octanol–water partition coefficient (Wildman–Crippen LogP) is 2.36. The second-order valence-electron chi connectivity index (χ2n) is 5.02. The van der Waals surface area contributed by atoms with Crippen molar-refractivity contribution in [2.24, 2.45) is 5.73 Å². The molecule has 0 unspecified atom stereocenters. The summed E-state index contributed by atoms with van der Waals surface area (Å²) in [6, 6.07) is 0. The Morgan fingerprint density at radius 1 is 0.938 bits per heavy atom. The van der Waals surface area contributed by atoms with Crippen molar-refractivity contribution in [3.8, 4) is 0 Å². The van der Waals surface area contributed by atoms with Gasteiger partial charge in [0.15, 0.2) is 0 Å². The molecule has 0 atom stereocenters. The first-order valence-electron chi connectivity index (χ1n) is 4.74. The van der Waals surface area contributed by atoms with E-state index in [9.17, 15) is 4.79 Å². The van der Waals surface area contributed by atoms with Gasteiger partial charge in [0.05, 0.1) is 0 Å². The smallest absolute Gasteiger partial charge is 0.465 e. The third-order valence-electron chi connectivity index (χ3n) is 0.779. The maximum atomic E-state index is 11.0. The Morgan fingerprint density at radius 2 is 1.12 bits per heavy atom. The topological polar surface area (TPSA) is 98.9 Å². The predicted molar refractivity (Wildman–Crippen MR) is 59.3 cm³/mol. The number of ether oxygens (including phenoxy) is 2. The fourth-order valence-electron chi connectivity index (χ4n) is 0.521. The molecule has 0 spiro atoms. The molecule has 0 saturated carbocycles. The Balaban J connectivity index is 0. The van der Waals surface area contributed by atoms with Crippen molar-refractivity contribution < 1.29 is 24.2 Å². The minimum atomic E-state index is -1.33. The average Bonchev–Trinajstić information content (AvgIpc) is 1.72. The van der Waals surface area contributed by atoms with Gasteiger partial charge in [0, 0.05) is 0 Å². The van der Waals surface area contributed by atoms with Crippen molar-refractivity contribution in [1.82, 2.24) is 0 Å². The molecule has 0 aromatic heterocycles. The Bertz CT molecular complexity index is 215. The van der Waals surface area contributed by atoms with E-state index < -0.39 is 23.5 Å². The number of nitrogens with two attached hydrogens (primary N) is 1. The molecule has 6 nitrogen and oxygen atoms in total. The zero-order valence-corrected chi connectivity index (χ0v) is 10.7. The molecule has 0 aromatic carbocycles. The SMILES string of the molecule is CC(C)(C)OC(=O)OC(C)(C)C.NC(=O)O. The van der Waals surface area contributed by atoms with Crippen LogP contribution in [0.2, 0.25) is 0 Å². The van der Waals surface area contributed by atoms with Crippen molar-refractivity contribution in [3.05, 3.63) is 0 Å². The molecule has 3 N–H and O–H groups in total. The fourth-order valence-corrected chi connectivity index (χ4v) is 0.521. The van der Waals surface area contributed by atoms with Crippen LogP contribution in [0.4, 0.5) is 9.59 Å². The molecule has 0 aromatic rings. The molecule has 0 saturated heterocycles. The lowest BCUT2D eigenvalue weighted by Gasteiger charge is -2.24. The standard InChI is InChI=1S/C9H18O3.CH3NO2/c1-8(2,3)11-7(10)12-9(4,5)6;2-1(3)4/h1-6H3;2H2,(H,3,4). The van der Waals surface area contributed by atoms with E-state index in [-0.39, 0.29) is 0 Å². The molecule has 0 aliphatic heterocycles. The molecule has 96 valence electrons. The van der Waals surface area contributed by atoms with Gasteiger partial charge < -0.3 is 20.3 Å². The van der Waals surface area contributed by atoms with Crippen LogP contribution in [0.15, 0.2) is 0 Å². The number of hydrogen-bond acceptors (Lipinski definition) is 4. The van der Waals surface area contributed by atoms with E-state index in [0.717, 1.165) is 0 Å². The minimum absolute atomic E-state index is 0.484. The van der Waals surface area contributed by atoms with Gasteiger partial charge in [-0.25, -0.2) is 9.59 Å². The number of primary amides is 1. The lowest BCUT2D eigenvalue weighted by atomic mass is 10.2.